The zero-order valence-corrected chi connectivity index (χ0v) is 43.8. The minimum absolute atomic E-state index is 0.689. The molecule has 0 aliphatic rings. The minimum Gasteiger partial charge on any atom is -0.494 e. The van der Waals surface area contributed by atoms with Crippen LogP contribution in [0.1, 0.15) is 190 Å². The molecule has 4 nitrogen and oxygen atoms in total. The third-order valence-corrected chi connectivity index (χ3v) is 13.2. The van der Waals surface area contributed by atoms with Gasteiger partial charge in [0, 0.05) is 0 Å². The summed E-state index contributed by atoms with van der Waals surface area (Å²) in [4.78, 5) is 0. The van der Waals surface area contributed by atoms with E-state index >= 15 is 0 Å². The van der Waals surface area contributed by atoms with E-state index in [1.165, 1.54) is 181 Å². The second kappa shape index (κ2) is 36.5. The number of nitrogens with zero attached hydrogens (tertiary/aromatic N) is 3. The van der Waals surface area contributed by atoms with Crippen molar-refractivity contribution in [3.05, 3.63) is 173 Å². The predicted octanol–water partition coefficient (Wildman–Crippen LogP) is 19.8. The molecule has 0 N–H and O–H groups in total. The average molecular weight is 946 g/mol. The molecule has 0 atom stereocenters. The van der Waals surface area contributed by atoms with Crippen molar-refractivity contribution in [3.8, 4) is 57.3 Å². The highest BCUT2D eigenvalue weighted by atomic mass is 16.5. The molecule has 0 saturated heterocycles. The minimum atomic E-state index is 0.689. The molecule has 0 unspecified atom stereocenters. The highest BCUT2D eigenvalue weighted by Gasteiger charge is 2.03. The average Bonchev–Trinajstić information content (AvgIpc) is 3.43. The van der Waals surface area contributed by atoms with Crippen LogP contribution in [-0.2, 0) is 12.8 Å². The second-order valence-corrected chi connectivity index (χ2v) is 19.1. The van der Waals surface area contributed by atoms with Crippen molar-refractivity contribution in [2.24, 2.45) is 0 Å². The molecule has 71 heavy (non-hydrogen) atoms. The molecule has 6 rings (SSSR count). The van der Waals surface area contributed by atoms with Gasteiger partial charge in [-0.2, -0.15) is 15.8 Å². The second-order valence-electron chi connectivity index (χ2n) is 19.1. The largest absolute Gasteiger partial charge is 0.494 e. The highest BCUT2D eigenvalue weighted by molar-refractivity contribution is 5.66. The van der Waals surface area contributed by atoms with Gasteiger partial charge in [-0.25, -0.2) is 0 Å². The Hall–Kier alpha value is -6.41. The van der Waals surface area contributed by atoms with Crippen molar-refractivity contribution in [3.63, 3.8) is 0 Å². The number of hydrogen-bond acceptors (Lipinski definition) is 4. The van der Waals surface area contributed by atoms with Gasteiger partial charge in [0.1, 0.15) is 5.75 Å². The molecule has 0 heterocycles. The number of benzene rings is 6. The monoisotopic (exact) mass is 946 g/mol. The lowest BCUT2D eigenvalue weighted by Crippen LogP contribution is -1.97. The quantitative estimate of drug-likeness (QED) is 0.0439. The number of rotatable bonds is 29. The van der Waals surface area contributed by atoms with Gasteiger partial charge in [0.2, 0.25) is 0 Å². The van der Waals surface area contributed by atoms with E-state index in [-0.39, 0.29) is 0 Å². The summed E-state index contributed by atoms with van der Waals surface area (Å²) in [7, 11) is 0. The van der Waals surface area contributed by atoms with E-state index in [9.17, 15) is 0 Å². The summed E-state index contributed by atoms with van der Waals surface area (Å²) in [5.41, 5.74) is 12.0. The number of unbranched alkanes of at least 4 members (excludes halogenated alkanes) is 19. The maximum Gasteiger partial charge on any atom is 0.119 e. The molecule has 0 fully saturated rings. The maximum absolute atomic E-state index is 8.86. The summed E-state index contributed by atoms with van der Waals surface area (Å²) < 4.78 is 5.84. The van der Waals surface area contributed by atoms with Gasteiger partial charge < -0.3 is 4.74 Å². The molecule has 6 aromatic carbocycles. The Balaban J connectivity index is 0.000000232. The van der Waals surface area contributed by atoms with Crippen LogP contribution in [0.25, 0.3) is 33.4 Å². The Morgan fingerprint density at radius 1 is 0.282 bits per heavy atom. The molecule has 0 spiro atoms. The molecule has 0 amide bonds. The molecule has 6 aromatic rings. The lowest BCUT2D eigenvalue weighted by atomic mass is 10.00. The smallest absolute Gasteiger partial charge is 0.119 e. The van der Waals surface area contributed by atoms with Gasteiger partial charge in [-0.3, -0.25) is 0 Å². The van der Waals surface area contributed by atoms with E-state index in [1.807, 2.05) is 84.9 Å². The number of nitriles is 3. The Bertz CT molecular complexity index is 2400. The normalized spacial score (nSPS) is 10.4. The summed E-state index contributed by atoms with van der Waals surface area (Å²) in [5, 5.41) is 26.5. The van der Waals surface area contributed by atoms with E-state index < -0.39 is 0 Å². The topological polar surface area (TPSA) is 80.6 Å². The molecule has 0 saturated carbocycles. The summed E-state index contributed by atoms with van der Waals surface area (Å²) in [6.45, 7) is 7.58. The molecule has 0 aliphatic heterocycles. The first-order valence-corrected chi connectivity index (χ1v) is 27.4. The van der Waals surface area contributed by atoms with Crippen LogP contribution in [0.3, 0.4) is 0 Å². The van der Waals surface area contributed by atoms with E-state index in [2.05, 4.69) is 99.6 Å². The number of hydrogen-bond donors (Lipinski definition) is 0. The Morgan fingerprint density at radius 3 is 0.803 bits per heavy atom. The van der Waals surface area contributed by atoms with Gasteiger partial charge in [-0.05, 0) is 125 Å². The summed E-state index contributed by atoms with van der Waals surface area (Å²) >= 11 is 0. The molecule has 0 bridgehead atoms. The fraction of sp³-hybridized carbons (Fsp3) is 0.418. The molecular weight excluding hydrogens is 863 g/mol. The Morgan fingerprint density at radius 2 is 0.521 bits per heavy atom. The van der Waals surface area contributed by atoms with Gasteiger partial charge in [0.15, 0.2) is 0 Å². The zero-order chi connectivity index (χ0) is 50.4. The highest BCUT2D eigenvalue weighted by Crippen LogP contribution is 2.25. The number of ether oxygens (including phenoxy) is 1. The van der Waals surface area contributed by atoms with E-state index in [0.29, 0.717) is 16.7 Å². The third kappa shape index (κ3) is 23.8. The van der Waals surface area contributed by atoms with Crippen molar-refractivity contribution in [2.75, 3.05) is 6.61 Å². The third-order valence-electron chi connectivity index (χ3n) is 13.2. The predicted molar refractivity (Wildman–Crippen MR) is 301 cm³/mol. The zero-order valence-electron chi connectivity index (χ0n) is 43.8. The lowest BCUT2D eigenvalue weighted by Gasteiger charge is -2.08. The van der Waals surface area contributed by atoms with Crippen LogP contribution < -0.4 is 4.74 Å². The number of aryl methyl sites for hydroxylation is 2. The first-order valence-electron chi connectivity index (χ1n) is 27.4. The van der Waals surface area contributed by atoms with Crippen LogP contribution in [0.5, 0.6) is 5.75 Å². The van der Waals surface area contributed by atoms with Crippen molar-refractivity contribution in [2.45, 2.75) is 175 Å². The van der Waals surface area contributed by atoms with Gasteiger partial charge >= 0.3 is 0 Å². The fourth-order valence-corrected chi connectivity index (χ4v) is 8.68. The van der Waals surface area contributed by atoms with Crippen LogP contribution in [-0.4, -0.2) is 6.61 Å². The van der Waals surface area contributed by atoms with Crippen molar-refractivity contribution in [1.29, 1.82) is 15.8 Å². The van der Waals surface area contributed by atoms with Crippen LogP contribution in [0, 0.1) is 34.0 Å². The standard InChI is InChI=1S/C23H29NO.C23H29N.C21H25N/c1-2-3-4-5-6-7-8-9-18-25-23-16-14-22(15-17-23)21-12-10-20(19-24)11-13-21;1-2-3-4-5-6-7-8-9-10-20-11-15-22(16-12-20)23-17-13-21(19-24)14-18-23;1-2-3-4-5-6-7-8-18-9-13-20(14-10-18)21-15-11-19(17-22)12-16-21/h10-17H,2-9,18H2,1H3;11-18H,2-10H2,1H3;9-16H,2-8H2,1H3. The summed E-state index contributed by atoms with van der Waals surface area (Å²) in [5.74, 6) is 0.931. The first kappa shape index (κ1) is 57.2. The molecule has 4 heteroatoms. The van der Waals surface area contributed by atoms with Gasteiger partial charge in [0.25, 0.3) is 0 Å². The molecule has 0 aromatic heterocycles. The van der Waals surface area contributed by atoms with E-state index in [0.717, 1.165) is 29.9 Å². The van der Waals surface area contributed by atoms with E-state index in [1.54, 1.807) is 0 Å². The van der Waals surface area contributed by atoms with Gasteiger partial charge in [-0.15, -0.1) is 0 Å². The Kier molecular flexibility index (Phi) is 29.4. The first-order chi connectivity index (χ1) is 35.0. The van der Waals surface area contributed by atoms with Gasteiger partial charge in [-0.1, -0.05) is 240 Å². The van der Waals surface area contributed by atoms with Crippen LogP contribution in [0.4, 0.5) is 0 Å². The van der Waals surface area contributed by atoms with Crippen LogP contribution in [0.15, 0.2) is 146 Å². The fourth-order valence-electron chi connectivity index (χ4n) is 8.68. The summed E-state index contributed by atoms with van der Waals surface area (Å²) in [6.07, 6.45) is 32.0. The van der Waals surface area contributed by atoms with Crippen LogP contribution >= 0.6 is 0 Å². The molecule has 0 radical (unpaired) electrons. The maximum atomic E-state index is 8.86. The SMILES string of the molecule is CCCCCCCCCCOc1ccc(-c2ccc(C#N)cc2)cc1.CCCCCCCCCCc1ccc(-c2ccc(C#N)cc2)cc1.CCCCCCCCc1ccc(-c2ccc(C#N)cc2)cc1. The van der Waals surface area contributed by atoms with Crippen LogP contribution in [0.2, 0.25) is 0 Å². The Labute approximate surface area is 430 Å². The van der Waals surface area contributed by atoms with Gasteiger partial charge in [0.05, 0.1) is 41.5 Å². The molecule has 372 valence electrons. The summed E-state index contributed by atoms with van der Waals surface area (Å²) in [6, 6.07) is 55.6. The molecular formula is C67H83N3O. The lowest BCUT2D eigenvalue weighted by molar-refractivity contribution is 0.304. The van der Waals surface area contributed by atoms with Crippen molar-refractivity contribution < 1.29 is 4.74 Å². The van der Waals surface area contributed by atoms with Crippen molar-refractivity contribution in [1.82, 2.24) is 0 Å². The van der Waals surface area contributed by atoms with E-state index in [4.69, 9.17) is 20.5 Å². The van der Waals surface area contributed by atoms with Crippen molar-refractivity contribution >= 4 is 0 Å². The molecule has 0 aliphatic carbocycles.